The molecule has 0 N–H and O–H groups in total. The topological polar surface area (TPSA) is 30.0 Å². The summed E-state index contributed by atoms with van der Waals surface area (Å²) < 4.78 is 48.5. The summed E-state index contributed by atoms with van der Waals surface area (Å²) in [5.74, 6) is -6.59. The summed E-state index contributed by atoms with van der Waals surface area (Å²) in [5.41, 5.74) is -0.613. The molecule has 0 radical (unpaired) electrons. The lowest BCUT2D eigenvalue weighted by molar-refractivity contribution is -0.0960. The van der Waals surface area contributed by atoms with E-state index in [4.69, 9.17) is 0 Å². The Morgan fingerprint density at radius 2 is 2.14 bits per heavy atom. The van der Waals surface area contributed by atoms with Crippen LogP contribution in [0.4, 0.5) is 17.6 Å². The van der Waals surface area contributed by atoms with Crippen LogP contribution in [0.25, 0.3) is 0 Å². The zero-order chi connectivity index (χ0) is 10.9. The molecule has 0 aliphatic heterocycles. The minimum Gasteiger partial charge on any atom is -0.285 e. The van der Waals surface area contributed by atoms with Crippen LogP contribution in [0.3, 0.4) is 0 Å². The van der Waals surface area contributed by atoms with E-state index in [0.29, 0.717) is 5.01 Å². The maximum absolute atomic E-state index is 12.5. The second-order valence-corrected chi connectivity index (χ2v) is 3.57. The first kappa shape index (κ1) is 11.1. The average Bonchev–Trinajstić information content (AvgIpc) is 2.50. The lowest BCUT2D eigenvalue weighted by Gasteiger charge is -2.11. The van der Waals surface area contributed by atoms with Crippen molar-refractivity contribution in [1.29, 1.82) is 0 Å². The van der Waals surface area contributed by atoms with Crippen molar-refractivity contribution < 1.29 is 22.4 Å². The molecule has 0 fully saturated rings. The Labute approximate surface area is 80.6 Å². The van der Waals surface area contributed by atoms with Crippen LogP contribution in [0.1, 0.15) is 15.5 Å². The van der Waals surface area contributed by atoms with Gasteiger partial charge in [-0.25, -0.2) is 13.8 Å². The number of aryl methyl sites for hydroxylation is 1. The predicted octanol–water partition coefficient (Wildman–Crippen LogP) is 2.53. The van der Waals surface area contributed by atoms with Crippen LogP contribution in [-0.4, -0.2) is 23.1 Å². The Morgan fingerprint density at radius 1 is 1.57 bits per heavy atom. The van der Waals surface area contributed by atoms with Gasteiger partial charge < -0.3 is 0 Å². The summed E-state index contributed by atoms with van der Waals surface area (Å²) >= 11 is 0.950. The van der Waals surface area contributed by atoms with E-state index in [2.05, 4.69) is 4.98 Å². The minimum absolute atomic E-state index is 0.374. The van der Waals surface area contributed by atoms with Gasteiger partial charge in [0.2, 0.25) is 0 Å². The smallest absolute Gasteiger partial charge is 0.285 e. The molecule has 0 saturated carbocycles. The van der Waals surface area contributed by atoms with Gasteiger partial charge in [-0.15, -0.1) is 11.3 Å². The van der Waals surface area contributed by atoms with Gasteiger partial charge in [-0.2, -0.15) is 8.78 Å². The van der Waals surface area contributed by atoms with E-state index in [0.717, 1.165) is 16.7 Å². The highest BCUT2D eigenvalue weighted by atomic mass is 32.1. The monoisotopic (exact) mass is 227 g/mol. The first-order valence-corrected chi connectivity index (χ1v) is 4.36. The first-order valence-electron chi connectivity index (χ1n) is 3.48. The number of thiazole rings is 1. The normalized spacial score (nSPS) is 12.1. The second-order valence-electron chi connectivity index (χ2n) is 2.50. The van der Waals surface area contributed by atoms with E-state index in [1.807, 2.05) is 0 Å². The second kappa shape index (κ2) is 3.64. The van der Waals surface area contributed by atoms with E-state index < -0.39 is 23.8 Å². The molecule has 14 heavy (non-hydrogen) atoms. The van der Waals surface area contributed by atoms with Gasteiger partial charge in [0.15, 0.2) is 0 Å². The van der Waals surface area contributed by atoms with Crippen LogP contribution < -0.4 is 0 Å². The van der Waals surface area contributed by atoms with Crippen LogP contribution in [0.2, 0.25) is 0 Å². The molecule has 0 atom stereocenters. The summed E-state index contributed by atoms with van der Waals surface area (Å²) in [5, 5.41) is 1.41. The number of hydrogen-bond donors (Lipinski definition) is 0. The third kappa shape index (κ3) is 1.92. The number of alkyl halides is 4. The zero-order valence-corrected chi connectivity index (χ0v) is 7.75. The number of hydrogen-bond acceptors (Lipinski definition) is 3. The van der Waals surface area contributed by atoms with E-state index in [9.17, 15) is 22.4 Å². The number of Topliss-reactive ketones (excluding diaryl/α,β-unsaturated/α-hetero) is 1. The van der Waals surface area contributed by atoms with E-state index in [-0.39, 0.29) is 0 Å². The highest BCUT2D eigenvalue weighted by molar-refractivity contribution is 7.09. The molecule has 1 aromatic rings. The van der Waals surface area contributed by atoms with Crippen LogP contribution in [0.5, 0.6) is 0 Å². The Morgan fingerprint density at radius 3 is 2.50 bits per heavy atom. The molecule has 2 nitrogen and oxygen atoms in total. The summed E-state index contributed by atoms with van der Waals surface area (Å²) in [6.07, 6.45) is -4.00. The molecule has 0 unspecified atom stereocenters. The van der Waals surface area contributed by atoms with Gasteiger partial charge in [-0.1, -0.05) is 0 Å². The minimum atomic E-state index is -4.65. The highest BCUT2D eigenvalue weighted by Gasteiger charge is 2.49. The van der Waals surface area contributed by atoms with Crippen molar-refractivity contribution in [2.75, 3.05) is 0 Å². The van der Waals surface area contributed by atoms with Gasteiger partial charge in [0, 0.05) is 5.38 Å². The van der Waals surface area contributed by atoms with Gasteiger partial charge in [0.05, 0.1) is 5.01 Å². The van der Waals surface area contributed by atoms with Crippen molar-refractivity contribution in [2.45, 2.75) is 19.3 Å². The number of carbonyl (C=O) groups excluding carboxylic acids is 1. The first-order chi connectivity index (χ1) is 6.35. The lowest BCUT2D eigenvalue weighted by Crippen LogP contribution is -2.36. The van der Waals surface area contributed by atoms with Crippen LogP contribution in [-0.2, 0) is 0 Å². The molecule has 0 saturated heterocycles. The Hall–Kier alpha value is -0.980. The molecule has 0 amide bonds. The molecule has 0 bridgehead atoms. The average molecular weight is 227 g/mol. The third-order valence-corrected chi connectivity index (χ3v) is 2.20. The molecule has 1 aromatic heterocycles. The fourth-order valence-electron chi connectivity index (χ4n) is 0.738. The molecular weight excluding hydrogens is 222 g/mol. The van der Waals surface area contributed by atoms with E-state index >= 15 is 0 Å². The maximum Gasteiger partial charge on any atom is 0.370 e. The number of halogens is 4. The molecule has 0 aromatic carbocycles. The van der Waals surface area contributed by atoms with Crippen LogP contribution >= 0.6 is 11.3 Å². The molecule has 1 rings (SSSR count). The third-order valence-electron chi connectivity index (χ3n) is 1.43. The number of rotatable bonds is 3. The molecule has 78 valence electrons. The Bertz CT molecular complexity index is 349. The van der Waals surface area contributed by atoms with E-state index in [1.54, 1.807) is 0 Å². The molecule has 0 aliphatic carbocycles. The summed E-state index contributed by atoms with van der Waals surface area (Å²) in [6.45, 7) is 1.49. The van der Waals surface area contributed by atoms with Crippen molar-refractivity contribution in [2.24, 2.45) is 0 Å². The Kier molecular flexibility index (Phi) is 2.89. The molecule has 7 heteroatoms. The fourth-order valence-corrected chi connectivity index (χ4v) is 1.33. The fraction of sp³-hybridized carbons (Fsp3) is 0.429. The SMILES string of the molecule is Cc1nc(C(=O)C(F)(F)C(F)F)cs1. The van der Waals surface area contributed by atoms with Crippen molar-refractivity contribution in [3.05, 3.63) is 16.1 Å². The van der Waals surface area contributed by atoms with Gasteiger partial charge in [0.1, 0.15) is 5.69 Å². The van der Waals surface area contributed by atoms with Gasteiger partial charge in [-0.3, -0.25) is 4.79 Å². The lowest BCUT2D eigenvalue weighted by atomic mass is 10.2. The zero-order valence-electron chi connectivity index (χ0n) is 6.93. The number of nitrogens with zero attached hydrogens (tertiary/aromatic N) is 1. The van der Waals surface area contributed by atoms with Gasteiger partial charge in [-0.05, 0) is 6.92 Å². The molecular formula is C7H5F4NOS. The number of ketones is 1. The van der Waals surface area contributed by atoms with Crippen molar-refractivity contribution in [3.8, 4) is 0 Å². The summed E-state index contributed by atoms with van der Waals surface area (Å²) in [7, 11) is 0. The predicted molar refractivity (Wildman–Crippen MR) is 42.1 cm³/mol. The largest absolute Gasteiger partial charge is 0.370 e. The van der Waals surface area contributed by atoms with Crippen molar-refractivity contribution >= 4 is 17.1 Å². The summed E-state index contributed by atoms with van der Waals surface area (Å²) in [4.78, 5) is 14.3. The van der Waals surface area contributed by atoms with Crippen molar-refractivity contribution in [1.82, 2.24) is 4.98 Å². The van der Waals surface area contributed by atoms with Gasteiger partial charge >= 0.3 is 12.3 Å². The van der Waals surface area contributed by atoms with Crippen molar-refractivity contribution in [3.63, 3.8) is 0 Å². The highest BCUT2D eigenvalue weighted by Crippen LogP contribution is 2.27. The van der Waals surface area contributed by atoms with Crippen LogP contribution in [0, 0.1) is 6.92 Å². The summed E-state index contributed by atoms with van der Waals surface area (Å²) in [6, 6.07) is 0. The maximum atomic E-state index is 12.5. The quantitative estimate of drug-likeness (QED) is 0.586. The van der Waals surface area contributed by atoms with Crippen LogP contribution in [0.15, 0.2) is 5.38 Å². The molecule has 0 aliphatic rings. The Balaban J connectivity index is 2.96. The molecule has 0 spiro atoms. The molecule has 1 heterocycles. The number of carbonyl (C=O) groups is 1. The van der Waals surface area contributed by atoms with Gasteiger partial charge in [0.25, 0.3) is 5.78 Å². The standard InChI is InChI=1S/C7H5F4NOS/c1-3-12-4(2-14-3)5(13)7(10,11)6(8)9/h2,6H,1H3. The number of aromatic nitrogens is 1. The van der Waals surface area contributed by atoms with E-state index in [1.165, 1.54) is 6.92 Å².